The normalized spacial score (nSPS) is 24.3. The van der Waals surface area contributed by atoms with E-state index in [1.54, 1.807) is 23.5 Å². The summed E-state index contributed by atoms with van der Waals surface area (Å²) in [5.74, 6) is 0.454. The van der Waals surface area contributed by atoms with Gasteiger partial charge in [0.2, 0.25) is 0 Å². The molecule has 0 aliphatic carbocycles. The Labute approximate surface area is 170 Å². The molecule has 28 heavy (non-hydrogen) atoms. The van der Waals surface area contributed by atoms with Gasteiger partial charge in [-0.25, -0.2) is 5.01 Å². The predicted octanol–water partition coefficient (Wildman–Crippen LogP) is 4.75. The zero-order chi connectivity index (χ0) is 18.9. The van der Waals surface area contributed by atoms with Crippen molar-refractivity contribution >= 4 is 40.2 Å². The van der Waals surface area contributed by atoms with Gasteiger partial charge in [0.25, 0.3) is 5.91 Å². The number of nitrogens with zero attached hydrogens (tertiary/aromatic N) is 2. The first-order valence-electron chi connectivity index (χ1n) is 8.97. The van der Waals surface area contributed by atoms with Crippen molar-refractivity contribution in [3.63, 3.8) is 0 Å². The number of para-hydroxylation sites is 1. The van der Waals surface area contributed by atoms with Gasteiger partial charge >= 0.3 is 5.72 Å². The summed E-state index contributed by atoms with van der Waals surface area (Å²) in [7, 11) is 0. The highest BCUT2D eigenvalue weighted by Gasteiger charge is 2.60. The van der Waals surface area contributed by atoms with Crippen LogP contribution in [0.4, 0.5) is 5.69 Å². The third-order valence-corrected chi connectivity index (χ3v) is 6.63. The minimum Gasteiger partial charge on any atom is -0.453 e. The summed E-state index contributed by atoms with van der Waals surface area (Å²) in [5, 5.41) is 12.3. The number of amides is 1. The van der Waals surface area contributed by atoms with Crippen LogP contribution in [-0.4, -0.2) is 16.6 Å². The van der Waals surface area contributed by atoms with E-state index in [9.17, 15) is 4.79 Å². The first kappa shape index (κ1) is 16.2. The minimum atomic E-state index is -1.36. The van der Waals surface area contributed by atoms with Crippen molar-refractivity contribution in [3.8, 4) is 5.75 Å². The van der Waals surface area contributed by atoms with E-state index in [-0.39, 0.29) is 11.9 Å². The molecule has 4 heterocycles. The molecule has 1 spiro atoms. The molecule has 0 radical (unpaired) electrons. The quantitative estimate of drug-likeness (QED) is 0.633. The van der Waals surface area contributed by atoms with Crippen molar-refractivity contribution in [2.75, 3.05) is 5.32 Å². The monoisotopic (exact) mass is 407 g/mol. The van der Waals surface area contributed by atoms with Gasteiger partial charge in [-0.3, -0.25) is 4.79 Å². The lowest BCUT2D eigenvalue weighted by Crippen LogP contribution is -2.55. The van der Waals surface area contributed by atoms with Gasteiger partial charge < -0.3 is 10.1 Å². The molecule has 0 saturated carbocycles. The summed E-state index contributed by atoms with van der Waals surface area (Å²) in [6, 6.07) is 17.2. The van der Waals surface area contributed by atoms with Gasteiger partial charge in [-0.15, -0.1) is 11.3 Å². The molecule has 0 unspecified atom stereocenters. The fourth-order valence-electron chi connectivity index (χ4n) is 4.25. The van der Waals surface area contributed by atoms with Crippen LogP contribution in [0.2, 0.25) is 5.02 Å². The number of ether oxygens (including phenoxy) is 1. The molecule has 6 rings (SSSR count). The summed E-state index contributed by atoms with van der Waals surface area (Å²) >= 11 is 7.93. The predicted molar refractivity (Wildman–Crippen MR) is 109 cm³/mol. The van der Waals surface area contributed by atoms with Gasteiger partial charge in [-0.1, -0.05) is 35.9 Å². The van der Waals surface area contributed by atoms with Gasteiger partial charge in [-0.2, -0.15) is 5.10 Å². The van der Waals surface area contributed by atoms with Crippen molar-refractivity contribution in [1.82, 2.24) is 5.01 Å². The highest BCUT2D eigenvalue weighted by molar-refractivity contribution is 7.12. The molecule has 7 heteroatoms. The molecule has 1 amide bonds. The second kappa shape index (κ2) is 5.59. The van der Waals surface area contributed by atoms with Crippen LogP contribution >= 0.6 is 22.9 Å². The lowest BCUT2D eigenvalue weighted by atomic mass is 9.93. The Hall–Kier alpha value is -2.83. The number of nitrogens with one attached hydrogen (secondary N) is 1. The van der Waals surface area contributed by atoms with E-state index < -0.39 is 5.72 Å². The third-order valence-electron chi connectivity index (χ3n) is 5.48. The fraction of sp³-hybridized carbons (Fsp3) is 0.143. The van der Waals surface area contributed by atoms with Crippen LogP contribution in [0.1, 0.15) is 28.5 Å². The molecule has 138 valence electrons. The number of hydrogen-bond donors (Lipinski definition) is 1. The van der Waals surface area contributed by atoms with Crippen molar-refractivity contribution in [2.24, 2.45) is 5.10 Å². The van der Waals surface area contributed by atoms with E-state index in [4.69, 9.17) is 21.4 Å². The van der Waals surface area contributed by atoms with E-state index in [0.29, 0.717) is 28.4 Å². The second-order valence-corrected chi connectivity index (χ2v) is 8.40. The molecule has 1 aromatic heterocycles. The molecular formula is C21H14ClN3O2S. The summed E-state index contributed by atoms with van der Waals surface area (Å²) in [6.07, 6.45) is 0.714. The lowest BCUT2D eigenvalue weighted by molar-refractivity contribution is -0.161. The van der Waals surface area contributed by atoms with Crippen LogP contribution < -0.4 is 10.1 Å². The van der Waals surface area contributed by atoms with Crippen molar-refractivity contribution < 1.29 is 9.53 Å². The molecule has 1 N–H and O–H groups in total. The zero-order valence-electron chi connectivity index (χ0n) is 14.6. The Kier molecular flexibility index (Phi) is 3.23. The first-order valence-corrected chi connectivity index (χ1v) is 10.2. The van der Waals surface area contributed by atoms with Crippen LogP contribution in [0, 0.1) is 0 Å². The Morgan fingerprint density at radius 2 is 2.11 bits per heavy atom. The molecule has 0 bridgehead atoms. The number of hydrogen-bond acceptors (Lipinski definition) is 5. The van der Waals surface area contributed by atoms with E-state index >= 15 is 0 Å². The van der Waals surface area contributed by atoms with E-state index in [1.807, 2.05) is 46.8 Å². The maximum Gasteiger partial charge on any atom is 0.306 e. The summed E-state index contributed by atoms with van der Waals surface area (Å²) < 4.78 is 6.41. The first-order chi connectivity index (χ1) is 13.7. The molecule has 3 aliphatic rings. The molecule has 2 atom stereocenters. The largest absolute Gasteiger partial charge is 0.453 e. The average molecular weight is 408 g/mol. The van der Waals surface area contributed by atoms with Crippen LogP contribution in [0.3, 0.4) is 0 Å². The number of thiophene rings is 1. The fourth-order valence-corrected chi connectivity index (χ4v) is 5.15. The molecule has 2 aromatic carbocycles. The number of rotatable bonds is 1. The molecular weight excluding hydrogens is 394 g/mol. The standard InChI is InChI=1S/C21H14ClN3O2S/c22-12-7-8-15-14(10-12)21(20(26)23-15)25-17(13-4-1-2-5-18(13)27-21)11-16(24-25)19-6-3-9-28-19/h1-10,17H,11H2,(H,23,26)/t17-,21-/m0/s1. The topological polar surface area (TPSA) is 53.9 Å². The number of halogens is 1. The van der Waals surface area contributed by atoms with Crippen LogP contribution in [0.15, 0.2) is 65.1 Å². The Balaban J connectivity index is 1.60. The second-order valence-electron chi connectivity index (χ2n) is 7.02. The maximum atomic E-state index is 13.3. The zero-order valence-corrected chi connectivity index (χ0v) is 16.1. The highest BCUT2D eigenvalue weighted by atomic mass is 35.5. The Morgan fingerprint density at radius 1 is 1.21 bits per heavy atom. The molecule has 0 fully saturated rings. The van der Waals surface area contributed by atoms with Crippen LogP contribution in [0.25, 0.3) is 0 Å². The van der Waals surface area contributed by atoms with Gasteiger partial charge in [0.15, 0.2) is 0 Å². The number of carbonyl (C=O) groups is 1. The molecule has 3 aromatic rings. The van der Waals surface area contributed by atoms with Gasteiger partial charge in [-0.05, 0) is 35.7 Å². The lowest BCUT2D eigenvalue weighted by Gasteiger charge is -2.44. The Bertz CT molecular complexity index is 1160. The number of benzene rings is 2. The summed E-state index contributed by atoms with van der Waals surface area (Å²) in [5.41, 5.74) is 2.03. The van der Waals surface area contributed by atoms with E-state index in [2.05, 4.69) is 11.4 Å². The van der Waals surface area contributed by atoms with Gasteiger partial charge in [0, 0.05) is 17.0 Å². The number of carbonyl (C=O) groups excluding carboxylic acids is 1. The van der Waals surface area contributed by atoms with E-state index in [0.717, 1.165) is 16.2 Å². The molecule has 5 nitrogen and oxygen atoms in total. The van der Waals surface area contributed by atoms with Gasteiger partial charge in [0.05, 0.1) is 27.9 Å². The molecule has 0 saturated heterocycles. The smallest absolute Gasteiger partial charge is 0.306 e. The van der Waals surface area contributed by atoms with Crippen LogP contribution in [0.5, 0.6) is 5.75 Å². The third kappa shape index (κ3) is 2.02. The van der Waals surface area contributed by atoms with E-state index in [1.165, 1.54) is 0 Å². The SMILES string of the molecule is O=C1Nc2ccc(Cl)cc2[C@]12Oc1ccccc1[C@@H]1CC(c3cccs3)=NN12. The Morgan fingerprint density at radius 3 is 2.96 bits per heavy atom. The van der Waals surface area contributed by atoms with Crippen molar-refractivity contribution in [2.45, 2.75) is 18.2 Å². The highest BCUT2D eigenvalue weighted by Crippen LogP contribution is 2.54. The minimum absolute atomic E-state index is 0.0854. The maximum absolute atomic E-state index is 13.3. The van der Waals surface area contributed by atoms with Crippen LogP contribution in [-0.2, 0) is 10.5 Å². The van der Waals surface area contributed by atoms with Crippen molar-refractivity contribution in [3.05, 3.63) is 81.0 Å². The molecule has 3 aliphatic heterocycles. The van der Waals surface area contributed by atoms with Gasteiger partial charge in [0.1, 0.15) is 5.75 Å². The number of anilines is 1. The summed E-state index contributed by atoms with van der Waals surface area (Å²) in [6.45, 7) is 0. The summed E-state index contributed by atoms with van der Waals surface area (Å²) in [4.78, 5) is 14.4. The number of fused-ring (bicyclic) bond motifs is 6. The average Bonchev–Trinajstić information content (AvgIpc) is 3.42. The van der Waals surface area contributed by atoms with Crippen molar-refractivity contribution in [1.29, 1.82) is 0 Å². The number of hydrazone groups is 1.